The minimum Gasteiger partial charge on any atom is -0.276 e. The van der Waals surface area contributed by atoms with Gasteiger partial charge in [-0.15, -0.1) is 10.2 Å². The van der Waals surface area contributed by atoms with Crippen molar-refractivity contribution in [2.45, 2.75) is 37.2 Å². The van der Waals surface area contributed by atoms with E-state index in [0.717, 1.165) is 29.3 Å². The fraction of sp³-hybridized carbons (Fsp3) is 0.250. The molecule has 2 aromatic heterocycles. The second-order valence-corrected chi connectivity index (χ2v) is 7.16. The lowest BCUT2D eigenvalue weighted by Crippen LogP contribution is -2.23. The predicted molar refractivity (Wildman–Crippen MR) is 106 cm³/mol. The number of para-hydroxylation sites is 1. The van der Waals surface area contributed by atoms with E-state index in [-0.39, 0.29) is 5.56 Å². The quantitative estimate of drug-likeness (QED) is 0.483. The van der Waals surface area contributed by atoms with E-state index in [1.165, 1.54) is 5.56 Å². The molecule has 0 aliphatic carbocycles. The normalized spacial score (nSPS) is 11.4. The van der Waals surface area contributed by atoms with E-state index >= 15 is 0 Å². The molecule has 4 aromatic rings. The zero-order chi connectivity index (χ0) is 17.9. The maximum atomic E-state index is 12.9. The molecule has 0 saturated carbocycles. The smallest absolute Gasteiger partial charge is 0.262 e. The van der Waals surface area contributed by atoms with Crippen LogP contribution in [0, 0.1) is 0 Å². The number of hydrogen-bond acceptors (Lipinski definition) is 4. The molecule has 0 atom stereocenters. The SMILES string of the molecule is CCCCn1c(=O)c2ccccc2n2c(SCc3ccccc3)nnc12. The molecule has 0 aliphatic heterocycles. The molecule has 0 amide bonds. The van der Waals surface area contributed by atoms with Gasteiger partial charge in [0.15, 0.2) is 5.16 Å². The fourth-order valence-corrected chi connectivity index (χ4v) is 3.96. The Balaban J connectivity index is 1.85. The van der Waals surface area contributed by atoms with E-state index in [2.05, 4.69) is 29.3 Å². The third kappa shape index (κ3) is 3.01. The molecule has 0 spiro atoms. The highest BCUT2D eigenvalue weighted by atomic mass is 32.2. The third-order valence-electron chi connectivity index (χ3n) is 4.42. The van der Waals surface area contributed by atoms with Crippen LogP contribution in [0.2, 0.25) is 0 Å². The maximum Gasteiger partial charge on any atom is 0.262 e. The third-order valence-corrected chi connectivity index (χ3v) is 5.42. The van der Waals surface area contributed by atoms with Crippen LogP contribution < -0.4 is 5.56 Å². The second-order valence-electron chi connectivity index (χ2n) is 6.22. The topological polar surface area (TPSA) is 52.2 Å². The van der Waals surface area contributed by atoms with Crippen molar-refractivity contribution in [1.82, 2.24) is 19.2 Å². The summed E-state index contributed by atoms with van der Waals surface area (Å²) >= 11 is 1.64. The van der Waals surface area contributed by atoms with Crippen LogP contribution >= 0.6 is 11.8 Å². The summed E-state index contributed by atoms with van der Waals surface area (Å²) in [5.74, 6) is 1.43. The molecule has 26 heavy (non-hydrogen) atoms. The number of fused-ring (bicyclic) bond motifs is 3. The van der Waals surface area contributed by atoms with Gasteiger partial charge in [-0.3, -0.25) is 13.8 Å². The highest BCUT2D eigenvalue weighted by Crippen LogP contribution is 2.24. The van der Waals surface area contributed by atoms with Crippen LogP contribution in [0.15, 0.2) is 64.5 Å². The summed E-state index contributed by atoms with van der Waals surface area (Å²) in [4.78, 5) is 12.9. The summed E-state index contributed by atoms with van der Waals surface area (Å²) in [7, 11) is 0. The Labute approximate surface area is 155 Å². The fourth-order valence-electron chi connectivity index (χ4n) is 3.07. The Hall–Kier alpha value is -2.60. The molecule has 2 aromatic carbocycles. The van der Waals surface area contributed by atoms with E-state index in [1.807, 2.05) is 46.9 Å². The van der Waals surface area contributed by atoms with E-state index < -0.39 is 0 Å². The van der Waals surface area contributed by atoms with Gasteiger partial charge in [0.05, 0.1) is 10.9 Å². The number of aryl methyl sites for hydroxylation is 1. The molecule has 0 unspecified atom stereocenters. The molecule has 4 rings (SSSR count). The van der Waals surface area contributed by atoms with Crippen molar-refractivity contribution in [1.29, 1.82) is 0 Å². The van der Waals surface area contributed by atoms with Crippen LogP contribution in [0.3, 0.4) is 0 Å². The van der Waals surface area contributed by atoms with Crippen LogP contribution in [0.1, 0.15) is 25.3 Å². The summed E-state index contributed by atoms with van der Waals surface area (Å²) < 4.78 is 3.77. The van der Waals surface area contributed by atoms with Crippen molar-refractivity contribution >= 4 is 28.4 Å². The van der Waals surface area contributed by atoms with E-state index in [4.69, 9.17) is 0 Å². The molecule has 0 fully saturated rings. The molecule has 2 heterocycles. The van der Waals surface area contributed by atoms with Crippen LogP contribution in [0.4, 0.5) is 0 Å². The first-order valence-corrected chi connectivity index (χ1v) is 9.81. The Morgan fingerprint density at radius 1 is 1.00 bits per heavy atom. The first-order valence-electron chi connectivity index (χ1n) is 8.83. The molecule has 0 saturated heterocycles. The van der Waals surface area contributed by atoms with Crippen LogP contribution in [0.25, 0.3) is 16.7 Å². The van der Waals surface area contributed by atoms with Crippen LogP contribution in [0.5, 0.6) is 0 Å². The highest BCUT2D eigenvalue weighted by Gasteiger charge is 2.16. The Kier molecular flexibility index (Phi) is 4.75. The summed E-state index contributed by atoms with van der Waals surface area (Å²) in [6, 6.07) is 18.0. The van der Waals surface area contributed by atoms with E-state index in [0.29, 0.717) is 17.7 Å². The Morgan fingerprint density at radius 3 is 2.58 bits per heavy atom. The van der Waals surface area contributed by atoms with Gasteiger partial charge in [-0.1, -0.05) is 67.6 Å². The number of nitrogens with zero attached hydrogens (tertiary/aromatic N) is 4. The average molecular weight is 364 g/mol. The predicted octanol–water partition coefficient (Wildman–Crippen LogP) is 4.14. The molecule has 0 radical (unpaired) electrons. The molecule has 5 nitrogen and oxygen atoms in total. The Bertz CT molecular complexity index is 1100. The number of benzene rings is 2. The number of unbranched alkanes of at least 4 members (excludes halogenated alkanes) is 1. The number of thioether (sulfide) groups is 1. The average Bonchev–Trinajstić information content (AvgIpc) is 3.11. The minimum atomic E-state index is 0.00793. The van der Waals surface area contributed by atoms with Gasteiger partial charge in [0.1, 0.15) is 0 Å². The zero-order valence-corrected chi connectivity index (χ0v) is 15.4. The van der Waals surface area contributed by atoms with Crippen LogP contribution in [-0.4, -0.2) is 19.2 Å². The first kappa shape index (κ1) is 16.8. The van der Waals surface area contributed by atoms with Gasteiger partial charge >= 0.3 is 0 Å². The van der Waals surface area contributed by atoms with Crippen LogP contribution in [-0.2, 0) is 12.3 Å². The van der Waals surface area contributed by atoms with Gasteiger partial charge < -0.3 is 0 Å². The lowest BCUT2D eigenvalue weighted by Gasteiger charge is -2.10. The van der Waals surface area contributed by atoms with Crippen molar-refractivity contribution < 1.29 is 0 Å². The van der Waals surface area contributed by atoms with Crippen molar-refractivity contribution in [3.8, 4) is 0 Å². The van der Waals surface area contributed by atoms with Crippen molar-refractivity contribution in [3.63, 3.8) is 0 Å². The number of hydrogen-bond donors (Lipinski definition) is 0. The summed E-state index contributed by atoms with van der Waals surface area (Å²) in [6.07, 6.45) is 1.96. The molecule has 0 N–H and O–H groups in total. The summed E-state index contributed by atoms with van der Waals surface area (Å²) in [5, 5.41) is 10.3. The lowest BCUT2D eigenvalue weighted by atomic mass is 10.2. The van der Waals surface area contributed by atoms with Gasteiger partial charge in [0.25, 0.3) is 5.56 Å². The lowest BCUT2D eigenvalue weighted by molar-refractivity contribution is 0.620. The van der Waals surface area contributed by atoms with Gasteiger partial charge in [-0.25, -0.2) is 0 Å². The largest absolute Gasteiger partial charge is 0.276 e. The zero-order valence-electron chi connectivity index (χ0n) is 14.6. The second kappa shape index (κ2) is 7.33. The van der Waals surface area contributed by atoms with Gasteiger partial charge in [0, 0.05) is 12.3 Å². The van der Waals surface area contributed by atoms with Gasteiger partial charge in [0.2, 0.25) is 5.78 Å². The van der Waals surface area contributed by atoms with Crippen molar-refractivity contribution in [3.05, 3.63) is 70.5 Å². The summed E-state index contributed by atoms with van der Waals surface area (Å²) in [5.41, 5.74) is 2.10. The molecular weight excluding hydrogens is 344 g/mol. The Morgan fingerprint density at radius 2 is 1.77 bits per heavy atom. The van der Waals surface area contributed by atoms with E-state index in [9.17, 15) is 4.79 Å². The molecule has 0 bridgehead atoms. The summed E-state index contributed by atoms with van der Waals surface area (Å²) in [6.45, 7) is 2.78. The van der Waals surface area contributed by atoms with E-state index in [1.54, 1.807) is 16.3 Å². The molecule has 6 heteroatoms. The van der Waals surface area contributed by atoms with Gasteiger partial charge in [-0.2, -0.15) is 0 Å². The molecule has 132 valence electrons. The number of aromatic nitrogens is 4. The number of rotatable bonds is 6. The molecular formula is C20H20N4OS. The monoisotopic (exact) mass is 364 g/mol. The first-order chi connectivity index (χ1) is 12.8. The minimum absolute atomic E-state index is 0.00793. The van der Waals surface area contributed by atoms with Crippen molar-refractivity contribution in [2.75, 3.05) is 0 Å². The molecule has 0 aliphatic rings. The van der Waals surface area contributed by atoms with Crippen molar-refractivity contribution in [2.24, 2.45) is 0 Å². The van der Waals surface area contributed by atoms with Gasteiger partial charge in [-0.05, 0) is 24.1 Å². The standard InChI is InChI=1S/C20H20N4OS/c1-2-3-13-23-18(25)16-11-7-8-12-17(16)24-19(23)21-22-20(24)26-14-15-9-5-4-6-10-15/h4-12H,2-3,13-14H2,1H3. The highest BCUT2D eigenvalue weighted by molar-refractivity contribution is 7.98. The maximum absolute atomic E-state index is 12.9.